The summed E-state index contributed by atoms with van der Waals surface area (Å²) in [7, 11) is 0. The zero-order valence-electron chi connectivity index (χ0n) is 10.7. The lowest BCUT2D eigenvalue weighted by molar-refractivity contribution is -0.126. The van der Waals surface area contributed by atoms with E-state index < -0.39 is 47.4 Å². The van der Waals surface area contributed by atoms with Crippen molar-refractivity contribution >= 4 is 17.5 Å². The van der Waals surface area contributed by atoms with Gasteiger partial charge in [-0.25, -0.2) is 13.2 Å². The second kappa shape index (κ2) is 6.90. The molecule has 0 radical (unpaired) electrons. The monoisotopic (exact) mass is 289 g/mol. The molecule has 0 heterocycles. The van der Waals surface area contributed by atoms with Gasteiger partial charge < -0.3 is 16.4 Å². The van der Waals surface area contributed by atoms with E-state index >= 15 is 0 Å². The Hall–Kier alpha value is -2.09. The third-order valence-corrected chi connectivity index (χ3v) is 2.53. The van der Waals surface area contributed by atoms with Crippen LogP contribution in [0.3, 0.4) is 0 Å². The van der Waals surface area contributed by atoms with E-state index in [1.165, 1.54) is 0 Å². The third kappa shape index (κ3) is 3.95. The number of hydrogen-bond acceptors (Lipinski definition) is 3. The molecule has 0 saturated heterocycles. The number of carbonyl (C=O) groups excluding carboxylic acids is 2. The van der Waals surface area contributed by atoms with Crippen molar-refractivity contribution in [3.05, 3.63) is 29.6 Å². The Balaban J connectivity index is 2.60. The summed E-state index contributed by atoms with van der Waals surface area (Å²) >= 11 is 0. The van der Waals surface area contributed by atoms with Crippen molar-refractivity contribution in [1.29, 1.82) is 0 Å². The zero-order valence-corrected chi connectivity index (χ0v) is 10.7. The highest BCUT2D eigenvalue weighted by molar-refractivity contribution is 5.94. The molecule has 1 atom stereocenters. The number of hydrogen-bond donors (Lipinski definition) is 3. The number of benzene rings is 1. The summed E-state index contributed by atoms with van der Waals surface area (Å²) in [5.74, 6) is -6.21. The lowest BCUT2D eigenvalue weighted by Crippen LogP contribution is -2.38. The number of rotatable bonds is 5. The van der Waals surface area contributed by atoms with Crippen LogP contribution in [0.5, 0.6) is 0 Å². The fourth-order valence-electron chi connectivity index (χ4n) is 1.27. The van der Waals surface area contributed by atoms with Crippen molar-refractivity contribution in [3.63, 3.8) is 0 Å². The SMILES string of the molecule is CC(CN)C(=O)NCC(=O)Nc1ccc(F)c(F)c1F. The number of halogens is 3. The summed E-state index contributed by atoms with van der Waals surface area (Å²) in [5, 5.41) is 4.30. The number of nitrogens with two attached hydrogens (primary N) is 1. The molecule has 1 unspecified atom stereocenters. The molecule has 1 rings (SSSR count). The predicted molar refractivity (Wildman–Crippen MR) is 66.2 cm³/mol. The Kier molecular flexibility index (Phi) is 5.51. The van der Waals surface area contributed by atoms with Crippen LogP contribution in [0.4, 0.5) is 18.9 Å². The predicted octanol–water partition coefficient (Wildman–Crippen LogP) is 0.753. The standard InChI is InChI=1S/C12H14F3N3O2/c1-6(4-16)12(20)17-5-9(19)18-8-3-2-7(13)10(14)11(8)15/h2-3,6H,4-5,16H2,1H3,(H,17,20)(H,18,19). The van der Waals surface area contributed by atoms with E-state index in [2.05, 4.69) is 5.32 Å². The first-order valence-corrected chi connectivity index (χ1v) is 5.78. The van der Waals surface area contributed by atoms with Crippen LogP contribution in [-0.4, -0.2) is 24.9 Å². The molecule has 0 saturated carbocycles. The minimum absolute atomic E-state index is 0.116. The zero-order chi connectivity index (χ0) is 15.3. The highest BCUT2D eigenvalue weighted by atomic mass is 19.2. The van der Waals surface area contributed by atoms with Crippen LogP contribution in [0.25, 0.3) is 0 Å². The lowest BCUT2D eigenvalue weighted by atomic mass is 10.2. The normalized spacial score (nSPS) is 11.8. The Morgan fingerprint density at radius 1 is 1.25 bits per heavy atom. The van der Waals surface area contributed by atoms with Crippen LogP contribution in [0, 0.1) is 23.4 Å². The van der Waals surface area contributed by atoms with Crippen molar-refractivity contribution in [2.24, 2.45) is 11.7 Å². The molecule has 4 N–H and O–H groups in total. The number of anilines is 1. The molecule has 0 bridgehead atoms. The Morgan fingerprint density at radius 3 is 2.50 bits per heavy atom. The molecule has 2 amide bonds. The average Bonchev–Trinajstić information content (AvgIpc) is 2.44. The van der Waals surface area contributed by atoms with Crippen LogP contribution >= 0.6 is 0 Å². The second-order valence-electron chi connectivity index (χ2n) is 4.13. The van der Waals surface area contributed by atoms with E-state index in [-0.39, 0.29) is 6.54 Å². The van der Waals surface area contributed by atoms with Crippen molar-refractivity contribution in [2.75, 3.05) is 18.4 Å². The summed E-state index contributed by atoms with van der Waals surface area (Å²) in [6, 6.07) is 1.57. The van der Waals surface area contributed by atoms with E-state index in [0.717, 1.165) is 6.07 Å². The van der Waals surface area contributed by atoms with Crippen LogP contribution in [0.2, 0.25) is 0 Å². The van der Waals surface area contributed by atoms with E-state index in [9.17, 15) is 22.8 Å². The van der Waals surface area contributed by atoms with Gasteiger partial charge in [-0.2, -0.15) is 0 Å². The van der Waals surface area contributed by atoms with Crippen molar-refractivity contribution in [1.82, 2.24) is 5.32 Å². The summed E-state index contributed by atoms with van der Waals surface area (Å²) < 4.78 is 38.9. The van der Waals surface area contributed by atoms with Crippen LogP contribution < -0.4 is 16.4 Å². The van der Waals surface area contributed by atoms with E-state index in [4.69, 9.17) is 5.73 Å². The van der Waals surface area contributed by atoms with Crippen LogP contribution in [-0.2, 0) is 9.59 Å². The second-order valence-corrected chi connectivity index (χ2v) is 4.13. The Bertz CT molecular complexity index is 523. The minimum atomic E-state index is -1.68. The maximum absolute atomic E-state index is 13.3. The molecule has 0 spiro atoms. The van der Waals surface area contributed by atoms with Gasteiger partial charge in [-0.3, -0.25) is 9.59 Å². The number of carbonyl (C=O) groups is 2. The molecular formula is C12H14F3N3O2. The summed E-state index contributed by atoms with van der Waals surface area (Å²) in [4.78, 5) is 22.8. The van der Waals surface area contributed by atoms with Crippen LogP contribution in [0.15, 0.2) is 12.1 Å². The summed E-state index contributed by atoms with van der Waals surface area (Å²) in [5.41, 5.74) is 4.76. The highest BCUT2D eigenvalue weighted by Gasteiger charge is 2.16. The molecule has 110 valence electrons. The van der Waals surface area contributed by atoms with Gasteiger partial charge in [-0.15, -0.1) is 0 Å². The van der Waals surface area contributed by atoms with Gasteiger partial charge in [-0.05, 0) is 12.1 Å². The molecule has 0 aliphatic heterocycles. The van der Waals surface area contributed by atoms with Gasteiger partial charge in [-0.1, -0.05) is 6.92 Å². The van der Waals surface area contributed by atoms with Crippen molar-refractivity contribution < 1.29 is 22.8 Å². The van der Waals surface area contributed by atoms with E-state index in [0.29, 0.717) is 6.07 Å². The quantitative estimate of drug-likeness (QED) is 0.699. The molecule has 5 nitrogen and oxygen atoms in total. The number of amides is 2. The molecule has 1 aromatic carbocycles. The molecule has 0 fully saturated rings. The van der Waals surface area contributed by atoms with Gasteiger partial charge in [0.15, 0.2) is 17.5 Å². The lowest BCUT2D eigenvalue weighted by Gasteiger charge is -2.10. The fraction of sp³-hybridized carbons (Fsp3) is 0.333. The van der Waals surface area contributed by atoms with Gasteiger partial charge >= 0.3 is 0 Å². The fourth-order valence-corrected chi connectivity index (χ4v) is 1.27. The maximum atomic E-state index is 13.3. The molecule has 0 aliphatic carbocycles. The molecular weight excluding hydrogens is 275 g/mol. The molecule has 0 aromatic heterocycles. The Morgan fingerprint density at radius 2 is 1.90 bits per heavy atom. The van der Waals surface area contributed by atoms with Gasteiger partial charge in [0, 0.05) is 12.5 Å². The van der Waals surface area contributed by atoms with Crippen molar-refractivity contribution in [3.8, 4) is 0 Å². The molecule has 8 heteroatoms. The maximum Gasteiger partial charge on any atom is 0.243 e. The average molecular weight is 289 g/mol. The minimum Gasteiger partial charge on any atom is -0.347 e. The smallest absolute Gasteiger partial charge is 0.243 e. The summed E-state index contributed by atoms with van der Waals surface area (Å²) in [6.45, 7) is 1.26. The topological polar surface area (TPSA) is 84.2 Å². The van der Waals surface area contributed by atoms with Gasteiger partial charge in [0.25, 0.3) is 0 Å². The van der Waals surface area contributed by atoms with E-state index in [1.807, 2.05) is 5.32 Å². The largest absolute Gasteiger partial charge is 0.347 e. The summed E-state index contributed by atoms with van der Waals surface area (Å²) in [6.07, 6.45) is 0. The van der Waals surface area contributed by atoms with Crippen LogP contribution in [0.1, 0.15) is 6.92 Å². The molecule has 1 aromatic rings. The highest BCUT2D eigenvalue weighted by Crippen LogP contribution is 2.19. The van der Waals surface area contributed by atoms with Crippen molar-refractivity contribution in [2.45, 2.75) is 6.92 Å². The Labute approximate surface area is 113 Å². The first kappa shape index (κ1) is 16.0. The third-order valence-electron chi connectivity index (χ3n) is 2.53. The van der Waals surface area contributed by atoms with Gasteiger partial charge in [0.1, 0.15) is 0 Å². The number of nitrogens with one attached hydrogen (secondary N) is 2. The molecule has 20 heavy (non-hydrogen) atoms. The first-order valence-electron chi connectivity index (χ1n) is 5.78. The van der Waals surface area contributed by atoms with Gasteiger partial charge in [0.05, 0.1) is 12.2 Å². The van der Waals surface area contributed by atoms with Gasteiger partial charge in [0.2, 0.25) is 11.8 Å². The van der Waals surface area contributed by atoms with E-state index in [1.54, 1.807) is 6.92 Å². The first-order chi connectivity index (χ1) is 9.36. The molecule has 0 aliphatic rings.